The van der Waals surface area contributed by atoms with Crippen molar-refractivity contribution in [3.05, 3.63) is 0 Å². The van der Waals surface area contributed by atoms with Gasteiger partial charge < -0.3 is 15.8 Å². The monoisotopic (exact) mass is 158 g/mol. The van der Waals surface area contributed by atoms with Gasteiger partial charge in [0.2, 0.25) is 0 Å². The van der Waals surface area contributed by atoms with Gasteiger partial charge in [-0.25, -0.2) is 0 Å². The molecular formula is C8H18N2O. The molecule has 0 radical (unpaired) electrons. The summed E-state index contributed by atoms with van der Waals surface area (Å²) in [4.78, 5) is 0. The average Bonchev–Trinajstić information content (AvgIpc) is 2.48. The van der Waals surface area contributed by atoms with Crippen molar-refractivity contribution in [3.8, 4) is 0 Å². The van der Waals surface area contributed by atoms with Crippen molar-refractivity contribution >= 4 is 0 Å². The van der Waals surface area contributed by atoms with Crippen LogP contribution in [0.25, 0.3) is 0 Å². The Morgan fingerprint density at radius 1 is 1.55 bits per heavy atom. The lowest BCUT2D eigenvalue weighted by molar-refractivity contribution is 0.107. The maximum absolute atomic E-state index is 5.38. The number of ether oxygens (including phenoxy) is 1. The lowest BCUT2D eigenvalue weighted by Crippen LogP contribution is -2.31. The van der Waals surface area contributed by atoms with E-state index in [0.717, 1.165) is 19.5 Å². The van der Waals surface area contributed by atoms with Crippen LogP contribution in [-0.2, 0) is 4.74 Å². The minimum atomic E-state index is 0.477. The first-order chi connectivity index (χ1) is 5.36. The van der Waals surface area contributed by atoms with Crippen molar-refractivity contribution in [2.24, 2.45) is 5.73 Å². The van der Waals surface area contributed by atoms with Gasteiger partial charge in [0, 0.05) is 26.2 Å². The topological polar surface area (TPSA) is 47.3 Å². The molecule has 3 N–H and O–H groups in total. The molecule has 0 aromatic heterocycles. The second-order valence-electron chi connectivity index (χ2n) is 3.11. The molecule has 3 nitrogen and oxygen atoms in total. The predicted molar refractivity (Wildman–Crippen MR) is 45.5 cm³/mol. The first kappa shape index (κ1) is 8.97. The highest BCUT2D eigenvalue weighted by molar-refractivity contribution is 4.80. The van der Waals surface area contributed by atoms with Gasteiger partial charge in [-0.15, -0.1) is 0 Å². The quantitative estimate of drug-likeness (QED) is 0.610. The van der Waals surface area contributed by atoms with Gasteiger partial charge in [0.05, 0.1) is 6.10 Å². The molecule has 0 spiro atoms. The van der Waals surface area contributed by atoms with Gasteiger partial charge in [-0.2, -0.15) is 0 Å². The van der Waals surface area contributed by atoms with E-state index in [1.807, 2.05) is 0 Å². The molecule has 1 aliphatic rings. The van der Waals surface area contributed by atoms with Crippen LogP contribution in [0.15, 0.2) is 0 Å². The standard InChI is InChI=1S/C8H18N2O/c1-11-8-3-2-7(6-8)10-5-4-9/h7-8,10H,2-6,9H2,1H3. The van der Waals surface area contributed by atoms with Crippen molar-refractivity contribution in [1.82, 2.24) is 5.32 Å². The number of nitrogens with two attached hydrogens (primary N) is 1. The zero-order valence-corrected chi connectivity index (χ0v) is 7.18. The Balaban J connectivity index is 2.09. The van der Waals surface area contributed by atoms with Crippen LogP contribution in [-0.4, -0.2) is 32.3 Å². The molecule has 0 aliphatic heterocycles. The average molecular weight is 158 g/mol. The molecular weight excluding hydrogens is 140 g/mol. The van der Waals surface area contributed by atoms with Gasteiger partial charge in [0.1, 0.15) is 0 Å². The van der Waals surface area contributed by atoms with Gasteiger partial charge in [-0.3, -0.25) is 0 Å². The highest BCUT2D eigenvalue weighted by Crippen LogP contribution is 2.20. The molecule has 1 saturated carbocycles. The Morgan fingerprint density at radius 3 is 2.91 bits per heavy atom. The van der Waals surface area contributed by atoms with Crippen molar-refractivity contribution < 1.29 is 4.74 Å². The number of rotatable bonds is 4. The largest absolute Gasteiger partial charge is 0.381 e. The third-order valence-electron chi connectivity index (χ3n) is 2.30. The molecule has 0 amide bonds. The van der Waals surface area contributed by atoms with E-state index >= 15 is 0 Å². The fourth-order valence-electron chi connectivity index (χ4n) is 1.63. The van der Waals surface area contributed by atoms with Crippen LogP contribution in [0.5, 0.6) is 0 Å². The van der Waals surface area contributed by atoms with Crippen LogP contribution in [0.3, 0.4) is 0 Å². The van der Waals surface area contributed by atoms with Gasteiger partial charge in [-0.1, -0.05) is 0 Å². The van der Waals surface area contributed by atoms with Gasteiger partial charge >= 0.3 is 0 Å². The van der Waals surface area contributed by atoms with E-state index in [4.69, 9.17) is 10.5 Å². The van der Waals surface area contributed by atoms with Gasteiger partial charge in [0.25, 0.3) is 0 Å². The summed E-state index contributed by atoms with van der Waals surface area (Å²) in [7, 11) is 1.79. The van der Waals surface area contributed by atoms with Gasteiger partial charge in [0.15, 0.2) is 0 Å². The number of hydrogen-bond donors (Lipinski definition) is 2. The van der Waals surface area contributed by atoms with E-state index in [0.29, 0.717) is 12.1 Å². The number of nitrogens with one attached hydrogen (secondary N) is 1. The first-order valence-electron chi connectivity index (χ1n) is 4.33. The van der Waals surface area contributed by atoms with E-state index in [9.17, 15) is 0 Å². The van der Waals surface area contributed by atoms with Crippen LogP contribution in [0.2, 0.25) is 0 Å². The first-order valence-corrected chi connectivity index (χ1v) is 4.33. The summed E-state index contributed by atoms with van der Waals surface area (Å²) in [6.07, 6.45) is 4.05. The molecule has 1 fully saturated rings. The van der Waals surface area contributed by atoms with Crippen LogP contribution in [0, 0.1) is 0 Å². The maximum atomic E-state index is 5.38. The number of hydrogen-bond acceptors (Lipinski definition) is 3. The minimum absolute atomic E-state index is 0.477. The zero-order valence-electron chi connectivity index (χ0n) is 7.18. The summed E-state index contributed by atoms with van der Waals surface area (Å²) >= 11 is 0. The highest BCUT2D eigenvalue weighted by atomic mass is 16.5. The third kappa shape index (κ3) is 2.77. The minimum Gasteiger partial charge on any atom is -0.381 e. The predicted octanol–water partition coefficient (Wildman–Crippen LogP) is 0.102. The normalized spacial score (nSPS) is 31.1. The van der Waals surface area contributed by atoms with E-state index in [1.54, 1.807) is 7.11 Å². The van der Waals surface area contributed by atoms with Crippen molar-refractivity contribution in [3.63, 3.8) is 0 Å². The SMILES string of the molecule is COC1CCC(NCCN)C1. The second-order valence-corrected chi connectivity index (χ2v) is 3.11. The maximum Gasteiger partial charge on any atom is 0.0586 e. The van der Waals surface area contributed by atoms with Crippen LogP contribution < -0.4 is 11.1 Å². The Labute approximate surface area is 68.3 Å². The summed E-state index contributed by atoms with van der Waals surface area (Å²) < 4.78 is 5.25. The molecule has 2 unspecified atom stereocenters. The smallest absolute Gasteiger partial charge is 0.0586 e. The van der Waals surface area contributed by atoms with Crippen LogP contribution >= 0.6 is 0 Å². The molecule has 1 rings (SSSR count). The molecule has 0 saturated heterocycles. The van der Waals surface area contributed by atoms with Crippen molar-refractivity contribution in [2.45, 2.75) is 31.4 Å². The Hall–Kier alpha value is -0.120. The summed E-state index contributed by atoms with van der Waals surface area (Å²) in [6, 6.07) is 0.642. The highest BCUT2D eigenvalue weighted by Gasteiger charge is 2.23. The molecule has 11 heavy (non-hydrogen) atoms. The van der Waals surface area contributed by atoms with Crippen LogP contribution in [0.4, 0.5) is 0 Å². The van der Waals surface area contributed by atoms with E-state index < -0.39 is 0 Å². The van der Waals surface area contributed by atoms with E-state index in [-0.39, 0.29) is 0 Å². The fraction of sp³-hybridized carbons (Fsp3) is 1.00. The van der Waals surface area contributed by atoms with E-state index in [1.165, 1.54) is 12.8 Å². The van der Waals surface area contributed by atoms with Gasteiger partial charge in [-0.05, 0) is 19.3 Å². The molecule has 0 bridgehead atoms. The summed E-state index contributed by atoms with van der Waals surface area (Å²) in [5, 5.41) is 3.39. The van der Waals surface area contributed by atoms with E-state index in [2.05, 4.69) is 5.32 Å². The van der Waals surface area contributed by atoms with Crippen LogP contribution in [0.1, 0.15) is 19.3 Å². The van der Waals surface area contributed by atoms with Crippen molar-refractivity contribution in [2.75, 3.05) is 20.2 Å². The Kier molecular flexibility index (Phi) is 3.83. The van der Waals surface area contributed by atoms with Crippen molar-refractivity contribution in [1.29, 1.82) is 0 Å². The molecule has 66 valence electrons. The molecule has 0 heterocycles. The zero-order chi connectivity index (χ0) is 8.10. The molecule has 1 aliphatic carbocycles. The molecule has 3 heteroatoms. The second kappa shape index (κ2) is 4.70. The Morgan fingerprint density at radius 2 is 2.36 bits per heavy atom. The Bertz CT molecular complexity index is 108. The molecule has 2 atom stereocenters. The lowest BCUT2D eigenvalue weighted by Gasteiger charge is -2.11. The third-order valence-corrected chi connectivity index (χ3v) is 2.30. The lowest BCUT2D eigenvalue weighted by atomic mass is 10.2. The number of methoxy groups -OCH3 is 1. The fourth-order valence-corrected chi connectivity index (χ4v) is 1.63. The summed E-state index contributed by atoms with van der Waals surface area (Å²) in [5.41, 5.74) is 5.38. The molecule has 0 aromatic rings. The summed E-state index contributed by atoms with van der Waals surface area (Å²) in [5.74, 6) is 0. The molecule has 0 aromatic carbocycles. The summed E-state index contributed by atoms with van der Waals surface area (Å²) in [6.45, 7) is 1.66.